The van der Waals surface area contributed by atoms with E-state index in [1.54, 1.807) is 7.05 Å². The maximum Gasteiger partial charge on any atom is 0.493 e. The number of hydroxylamine groups is 1. The van der Waals surface area contributed by atoms with Gasteiger partial charge in [-0.15, -0.1) is 5.06 Å². The Balaban J connectivity index is 2.10. The van der Waals surface area contributed by atoms with Crippen molar-refractivity contribution in [2.75, 3.05) is 18.2 Å². The standard InChI is InChI=1S/C24H24ClF3N4O5/c1-14(2)36-17-7-4-15(5-8-17)22(33)32(37-23(34)24(26,27)28)16-6-9-20(35-11-10-29)18(12-16)21-19(25)13-30-31(21)3/h4-9,12-14H,10-11,29H2,1-3H3. The minimum Gasteiger partial charge on any atom is -0.492 e. The summed E-state index contributed by atoms with van der Waals surface area (Å²) in [4.78, 5) is 29.6. The highest BCUT2D eigenvalue weighted by Gasteiger charge is 2.44. The SMILES string of the molecule is CC(C)Oc1ccc(C(=O)N(OC(=O)C(F)(F)F)c2ccc(OCCN)c(-c3c(Cl)cnn3C)c2)cc1. The molecule has 2 aromatic carbocycles. The number of hydrogen-bond donors (Lipinski definition) is 1. The van der Waals surface area contributed by atoms with Crippen molar-refractivity contribution in [2.24, 2.45) is 12.8 Å². The Morgan fingerprint density at radius 2 is 1.84 bits per heavy atom. The third-order valence-electron chi connectivity index (χ3n) is 4.79. The number of ether oxygens (including phenoxy) is 2. The number of nitrogens with zero attached hydrogens (tertiary/aromatic N) is 3. The van der Waals surface area contributed by atoms with E-state index >= 15 is 0 Å². The maximum absolute atomic E-state index is 13.3. The number of anilines is 1. The van der Waals surface area contributed by atoms with E-state index in [0.29, 0.717) is 11.4 Å². The molecule has 3 rings (SSSR count). The third kappa shape index (κ3) is 6.71. The van der Waals surface area contributed by atoms with Gasteiger partial charge in [-0.2, -0.15) is 18.3 Å². The number of amides is 1. The average Bonchev–Trinajstić information content (AvgIpc) is 3.17. The van der Waals surface area contributed by atoms with Crippen molar-refractivity contribution in [3.63, 3.8) is 0 Å². The largest absolute Gasteiger partial charge is 0.493 e. The van der Waals surface area contributed by atoms with Gasteiger partial charge in [0.15, 0.2) is 0 Å². The molecule has 1 amide bonds. The van der Waals surface area contributed by atoms with Crippen LogP contribution in [-0.4, -0.2) is 47.1 Å². The second kappa shape index (κ2) is 11.5. The molecule has 1 aromatic heterocycles. The Morgan fingerprint density at radius 3 is 2.38 bits per heavy atom. The smallest absolute Gasteiger partial charge is 0.492 e. The van der Waals surface area contributed by atoms with Crippen LogP contribution in [0.15, 0.2) is 48.7 Å². The molecule has 1 heterocycles. The average molecular weight is 541 g/mol. The molecule has 3 aromatic rings. The van der Waals surface area contributed by atoms with E-state index in [0.717, 1.165) is 0 Å². The molecule has 0 saturated heterocycles. The van der Waals surface area contributed by atoms with Crippen LogP contribution in [0, 0.1) is 0 Å². The molecule has 0 aliphatic rings. The molecule has 198 valence electrons. The molecular formula is C24H24ClF3N4O5. The molecule has 0 radical (unpaired) electrons. The van der Waals surface area contributed by atoms with Crippen LogP contribution >= 0.6 is 11.6 Å². The van der Waals surface area contributed by atoms with Crippen molar-refractivity contribution in [3.05, 3.63) is 59.2 Å². The van der Waals surface area contributed by atoms with E-state index in [-0.39, 0.29) is 51.9 Å². The Kier molecular flexibility index (Phi) is 8.66. The molecule has 0 aliphatic carbocycles. The predicted molar refractivity (Wildman–Crippen MR) is 129 cm³/mol. The summed E-state index contributed by atoms with van der Waals surface area (Å²) in [6.07, 6.45) is -4.13. The lowest BCUT2D eigenvalue weighted by molar-refractivity contribution is -0.199. The molecule has 9 nitrogen and oxygen atoms in total. The normalized spacial score (nSPS) is 11.4. The Bertz CT molecular complexity index is 1240. The van der Waals surface area contributed by atoms with Gasteiger partial charge in [-0.3, -0.25) is 9.48 Å². The van der Waals surface area contributed by atoms with Gasteiger partial charge in [0, 0.05) is 24.7 Å². The summed E-state index contributed by atoms with van der Waals surface area (Å²) in [5.41, 5.74) is 5.89. The zero-order valence-electron chi connectivity index (χ0n) is 20.1. The van der Waals surface area contributed by atoms with Crippen molar-refractivity contribution in [1.29, 1.82) is 0 Å². The predicted octanol–water partition coefficient (Wildman–Crippen LogP) is 4.53. The van der Waals surface area contributed by atoms with Gasteiger partial charge >= 0.3 is 12.1 Å². The maximum atomic E-state index is 13.3. The number of aromatic nitrogens is 2. The first kappa shape index (κ1) is 27.8. The first-order valence-corrected chi connectivity index (χ1v) is 11.3. The molecule has 2 N–H and O–H groups in total. The lowest BCUT2D eigenvalue weighted by atomic mass is 10.1. The molecular weight excluding hydrogens is 517 g/mol. The van der Waals surface area contributed by atoms with Gasteiger partial charge in [0.2, 0.25) is 0 Å². The van der Waals surface area contributed by atoms with E-state index in [2.05, 4.69) is 9.94 Å². The fourth-order valence-corrected chi connectivity index (χ4v) is 3.52. The van der Waals surface area contributed by atoms with Crippen molar-refractivity contribution in [3.8, 4) is 22.8 Å². The fraction of sp³-hybridized carbons (Fsp3) is 0.292. The van der Waals surface area contributed by atoms with Crippen LogP contribution in [0.3, 0.4) is 0 Å². The lowest BCUT2D eigenvalue weighted by Crippen LogP contribution is -2.38. The quantitative estimate of drug-likeness (QED) is 0.418. The minimum absolute atomic E-state index is 0.0605. The van der Waals surface area contributed by atoms with Gasteiger partial charge in [-0.25, -0.2) is 4.79 Å². The highest BCUT2D eigenvalue weighted by atomic mass is 35.5. The van der Waals surface area contributed by atoms with Crippen molar-refractivity contribution >= 4 is 29.2 Å². The summed E-state index contributed by atoms with van der Waals surface area (Å²) in [5, 5.41) is 4.53. The van der Waals surface area contributed by atoms with Crippen LogP contribution in [-0.2, 0) is 16.7 Å². The zero-order chi connectivity index (χ0) is 27.3. The lowest BCUT2D eigenvalue weighted by Gasteiger charge is -2.23. The number of alkyl halides is 3. The molecule has 0 bridgehead atoms. The van der Waals surface area contributed by atoms with Gasteiger partial charge in [-0.1, -0.05) is 11.6 Å². The monoisotopic (exact) mass is 540 g/mol. The van der Waals surface area contributed by atoms with Crippen molar-refractivity contribution in [2.45, 2.75) is 26.1 Å². The summed E-state index contributed by atoms with van der Waals surface area (Å²) >= 11 is 6.28. The van der Waals surface area contributed by atoms with Gasteiger partial charge in [-0.05, 0) is 56.3 Å². The molecule has 0 spiro atoms. The zero-order valence-corrected chi connectivity index (χ0v) is 20.8. The van der Waals surface area contributed by atoms with Crippen LogP contribution in [0.25, 0.3) is 11.3 Å². The Morgan fingerprint density at radius 1 is 1.16 bits per heavy atom. The third-order valence-corrected chi connectivity index (χ3v) is 5.06. The number of rotatable bonds is 8. The number of benzene rings is 2. The summed E-state index contributed by atoms with van der Waals surface area (Å²) in [6.45, 7) is 3.93. The fourth-order valence-electron chi connectivity index (χ4n) is 3.25. The van der Waals surface area contributed by atoms with Crippen LogP contribution in [0.5, 0.6) is 11.5 Å². The van der Waals surface area contributed by atoms with E-state index < -0.39 is 18.1 Å². The summed E-state index contributed by atoms with van der Waals surface area (Å²) < 4.78 is 51.9. The number of hydrogen-bond acceptors (Lipinski definition) is 7. The number of nitrogens with two attached hydrogens (primary N) is 1. The van der Waals surface area contributed by atoms with E-state index in [1.165, 1.54) is 53.3 Å². The highest BCUT2D eigenvalue weighted by Crippen LogP contribution is 2.38. The van der Waals surface area contributed by atoms with Gasteiger partial charge < -0.3 is 20.0 Å². The Labute approximate surface area is 215 Å². The van der Waals surface area contributed by atoms with Gasteiger partial charge in [0.25, 0.3) is 5.91 Å². The molecule has 0 unspecified atom stereocenters. The van der Waals surface area contributed by atoms with Crippen LogP contribution in [0.4, 0.5) is 18.9 Å². The number of carbonyl (C=O) groups excluding carboxylic acids is 2. The molecule has 37 heavy (non-hydrogen) atoms. The molecule has 0 fully saturated rings. The highest BCUT2D eigenvalue weighted by molar-refractivity contribution is 6.33. The van der Waals surface area contributed by atoms with E-state index in [4.69, 9.17) is 26.8 Å². The van der Waals surface area contributed by atoms with Gasteiger partial charge in [0.05, 0.1) is 28.7 Å². The molecule has 13 heteroatoms. The minimum atomic E-state index is -5.36. The van der Waals surface area contributed by atoms with Gasteiger partial charge in [0.1, 0.15) is 18.1 Å². The molecule has 0 saturated carbocycles. The summed E-state index contributed by atoms with van der Waals surface area (Å²) in [7, 11) is 1.59. The van der Waals surface area contributed by atoms with Crippen LogP contribution in [0.1, 0.15) is 24.2 Å². The first-order valence-electron chi connectivity index (χ1n) is 11.0. The second-order valence-corrected chi connectivity index (χ2v) is 8.36. The van der Waals surface area contributed by atoms with Crippen LogP contribution < -0.4 is 20.3 Å². The van der Waals surface area contributed by atoms with E-state index in [9.17, 15) is 22.8 Å². The topological polar surface area (TPSA) is 109 Å². The first-order chi connectivity index (χ1) is 17.4. The van der Waals surface area contributed by atoms with Crippen molar-refractivity contribution < 1.29 is 37.1 Å². The number of halogens is 4. The number of aryl methyl sites for hydroxylation is 1. The summed E-state index contributed by atoms with van der Waals surface area (Å²) in [5.74, 6) is -2.90. The molecule has 0 aliphatic heterocycles. The number of carbonyl (C=O) groups is 2. The second-order valence-electron chi connectivity index (χ2n) is 7.95. The Hall–Kier alpha value is -3.77. The van der Waals surface area contributed by atoms with Crippen molar-refractivity contribution in [1.82, 2.24) is 9.78 Å². The van der Waals surface area contributed by atoms with Crippen LogP contribution in [0.2, 0.25) is 5.02 Å². The summed E-state index contributed by atoms with van der Waals surface area (Å²) in [6, 6.07) is 9.58. The molecule has 0 atom stereocenters. The van der Waals surface area contributed by atoms with E-state index in [1.807, 2.05) is 13.8 Å².